The molecule has 0 N–H and O–H groups in total. The number of hydrogen-bond donors (Lipinski definition) is 0. The third-order valence-electron chi connectivity index (χ3n) is 6.73. The zero-order chi connectivity index (χ0) is 18.1. The minimum atomic E-state index is 0.278. The number of hydrogen-bond acceptors (Lipinski definition) is 4. The Hall–Kier alpha value is -1.40. The van der Waals surface area contributed by atoms with E-state index >= 15 is 0 Å². The number of nitrogens with zero attached hydrogens (tertiary/aromatic N) is 4. The molecule has 0 radical (unpaired) electrons. The van der Waals surface area contributed by atoms with Gasteiger partial charge >= 0.3 is 0 Å². The molecule has 4 saturated heterocycles. The van der Waals surface area contributed by atoms with Gasteiger partial charge in [0.05, 0.1) is 6.54 Å². The molecule has 0 aliphatic carbocycles. The molecule has 2 bridgehead atoms. The van der Waals surface area contributed by atoms with Gasteiger partial charge in [-0.3, -0.25) is 19.4 Å². The number of rotatable bonds is 4. The molecule has 4 rings (SSSR count). The van der Waals surface area contributed by atoms with Gasteiger partial charge in [0.15, 0.2) is 0 Å². The van der Waals surface area contributed by atoms with Crippen LogP contribution in [-0.4, -0.2) is 96.4 Å². The van der Waals surface area contributed by atoms with E-state index in [9.17, 15) is 9.59 Å². The van der Waals surface area contributed by atoms with Gasteiger partial charge in [0.25, 0.3) is 0 Å². The van der Waals surface area contributed by atoms with Gasteiger partial charge in [-0.1, -0.05) is 6.08 Å². The molecule has 0 aromatic rings. The number of carbonyl (C=O) groups excluding carboxylic acids is 2. The van der Waals surface area contributed by atoms with E-state index in [0.717, 1.165) is 71.6 Å². The lowest BCUT2D eigenvalue weighted by Crippen LogP contribution is -2.61. The Morgan fingerprint density at radius 1 is 1.12 bits per heavy atom. The minimum absolute atomic E-state index is 0.278. The lowest BCUT2D eigenvalue weighted by molar-refractivity contribution is -0.147. The normalized spacial score (nSPS) is 33.1. The lowest BCUT2D eigenvalue weighted by Gasteiger charge is -2.52. The highest BCUT2D eigenvalue weighted by molar-refractivity contribution is 5.78. The summed E-state index contributed by atoms with van der Waals surface area (Å²) < 4.78 is 0. The van der Waals surface area contributed by atoms with Gasteiger partial charge in [-0.2, -0.15) is 0 Å². The van der Waals surface area contributed by atoms with Gasteiger partial charge in [0.2, 0.25) is 11.8 Å². The summed E-state index contributed by atoms with van der Waals surface area (Å²) in [6.07, 6.45) is 6.09. The zero-order valence-corrected chi connectivity index (χ0v) is 15.8. The van der Waals surface area contributed by atoms with Crippen molar-refractivity contribution in [2.45, 2.75) is 31.7 Å². The predicted octanol–water partition coefficient (Wildman–Crippen LogP) is 0.649. The van der Waals surface area contributed by atoms with E-state index in [2.05, 4.69) is 21.3 Å². The van der Waals surface area contributed by atoms with E-state index in [4.69, 9.17) is 0 Å². The Bertz CT molecular complexity index is 558. The first-order valence-electron chi connectivity index (χ1n) is 10.3. The maximum atomic E-state index is 12.8. The molecule has 0 aromatic carbocycles. The number of likely N-dealkylation sites (tertiary alicyclic amines) is 1. The van der Waals surface area contributed by atoms with E-state index in [1.54, 1.807) is 0 Å². The fourth-order valence-electron chi connectivity index (χ4n) is 5.49. The van der Waals surface area contributed by atoms with Crippen LogP contribution >= 0.6 is 0 Å². The number of amides is 2. The van der Waals surface area contributed by atoms with Crippen LogP contribution in [-0.2, 0) is 9.59 Å². The molecule has 26 heavy (non-hydrogen) atoms. The molecule has 4 aliphatic rings. The Morgan fingerprint density at radius 2 is 1.92 bits per heavy atom. The van der Waals surface area contributed by atoms with Gasteiger partial charge in [-0.15, -0.1) is 6.58 Å². The number of carbonyl (C=O) groups is 2. The van der Waals surface area contributed by atoms with E-state index in [0.29, 0.717) is 30.3 Å². The fourth-order valence-corrected chi connectivity index (χ4v) is 5.49. The Balaban J connectivity index is 1.31. The first kappa shape index (κ1) is 18.0. The quantitative estimate of drug-likeness (QED) is 0.691. The molecule has 2 unspecified atom stereocenters. The summed E-state index contributed by atoms with van der Waals surface area (Å²) in [6.45, 7) is 11.7. The zero-order valence-electron chi connectivity index (χ0n) is 15.8. The molecule has 0 saturated carbocycles. The maximum Gasteiger partial charge on any atom is 0.236 e. The largest absolute Gasteiger partial charge is 0.339 e. The monoisotopic (exact) mass is 360 g/mol. The smallest absolute Gasteiger partial charge is 0.236 e. The van der Waals surface area contributed by atoms with Crippen LogP contribution in [0.4, 0.5) is 0 Å². The van der Waals surface area contributed by atoms with Crippen molar-refractivity contribution in [3.8, 4) is 0 Å². The van der Waals surface area contributed by atoms with Crippen LogP contribution in [0.1, 0.15) is 25.7 Å². The van der Waals surface area contributed by atoms with E-state index in [1.165, 1.54) is 6.42 Å². The second-order valence-corrected chi connectivity index (χ2v) is 8.53. The molecule has 2 amide bonds. The molecule has 6 heteroatoms. The molecule has 3 atom stereocenters. The van der Waals surface area contributed by atoms with Crippen molar-refractivity contribution in [1.82, 2.24) is 19.6 Å². The van der Waals surface area contributed by atoms with Crippen LogP contribution in [0.5, 0.6) is 0 Å². The second kappa shape index (κ2) is 7.69. The fraction of sp³-hybridized carbons (Fsp3) is 0.800. The Morgan fingerprint density at radius 3 is 2.69 bits per heavy atom. The number of piperidine rings is 3. The van der Waals surface area contributed by atoms with E-state index in [1.807, 2.05) is 11.0 Å². The summed E-state index contributed by atoms with van der Waals surface area (Å²) in [5, 5.41) is 0. The van der Waals surface area contributed by atoms with Gasteiger partial charge in [0.1, 0.15) is 0 Å². The van der Waals surface area contributed by atoms with Crippen LogP contribution in [0, 0.1) is 11.8 Å². The topological polar surface area (TPSA) is 47.1 Å². The Kier molecular flexibility index (Phi) is 5.32. The first-order chi connectivity index (χ1) is 12.6. The van der Waals surface area contributed by atoms with Gasteiger partial charge in [0, 0.05) is 64.8 Å². The first-order valence-corrected chi connectivity index (χ1v) is 10.3. The van der Waals surface area contributed by atoms with Crippen molar-refractivity contribution >= 4 is 11.8 Å². The summed E-state index contributed by atoms with van der Waals surface area (Å²) in [6, 6.07) is 0.424. The summed E-state index contributed by atoms with van der Waals surface area (Å²) in [4.78, 5) is 33.9. The third kappa shape index (κ3) is 3.67. The average Bonchev–Trinajstić information content (AvgIpc) is 2.63. The summed E-state index contributed by atoms with van der Waals surface area (Å²) in [5.41, 5.74) is 0. The van der Waals surface area contributed by atoms with Crippen molar-refractivity contribution in [3.63, 3.8) is 0 Å². The summed E-state index contributed by atoms with van der Waals surface area (Å²) >= 11 is 0. The van der Waals surface area contributed by atoms with Gasteiger partial charge in [-0.25, -0.2) is 0 Å². The maximum absolute atomic E-state index is 12.8. The highest BCUT2D eigenvalue weighted by atomic mass is 16.2. The van der Waals surface area contributed by atoms with Crippen LogP contribution in [0.25, 0.3) is 0 Å². The van der Waals surface area contributed by atoms with Crippen molar-refractivity contribution in [2.24, 2.45) is 11.8 Å². The SMILES string of the molecule is C=CCN1CCN(C(=O)CN2CC3CC(C2)[C@H]2CCCC(=O)N2C3)CC1. The predicted molar refractivity (Wildman–Crippen MR) is 101 cm³/mol. The molecular weight excluding hydrogens is 328 g/mol. The lowest BCUT2D eigenvalue weighted by atomic mass is 9.76. The highest BCUT2D eigenvalue weighted by Gasteiger charge is 2.44. The molecule has 4 fully saturated rings. The summed E-state index contributed by atoms with van der Waals surface area (Å²) in [7, 11) is 0. The second-order valence-electron chi connectivity index (χ2n) is 8.53. The van der Waals surface area contributed by atoms with E-state index in [-0.39, 0.29) is 5.91 Å². The summed E-state index contributed by atoms with van der Waals surface area (Å²) in [5.74, 6) is 1.74. The average molecular weight is 361 g/mol. The highest BCUT2D eigenvalue weighted by Crippen LogP contribution is 2.37. The van der Waals surface area contributed by atoms with Crippen LogP contribution in [0.2, 0.25) is 0 Å². The van der Waals surface area contributed by atoms with Crippen molar-refractivity contribution in [3.05, 3.63) is 12.7 Å². The van der Waals surface area contributed by atoms with Gasteiger partial charge < -0.3 is 9.80 Å². The van der Waals surface area contributed by atoms with Crippen LogP contribution in [0.15, 0.2) is 12.7 Å². The molecule has 0 aromatic heterocycles. The van der Waals surface area contributed by atoms with Crippen LogP contribution < -0.4 is 0 Å². The molecule has 144 valence electrons. The number of fused-ring (bicyclic) bond motifs is 4. The van der Waals surface area contributed by atoms with Crippen LogP contribution in [0.3, 0.4) is 0 Å². The van der Waals surface area contributed by atoms with Crippen molar-refractivity contribution < 1.29 is 9.59 Å². The van der Waals surface area contributed by atoms with Crippen molar-refractivity contribution in [2.75, 3.05) is 58.9 Å². The molecule has 6 nitrogen and oxygen atoms in total. The number of piperazine rings is 1. The molecule has 0 spiro atoms. The molecular formula is C20H32N4O2. The van der Waals surface area contributed by atoms with E-state index < -0.39 is 0 Å². The third-order valence-corrected chi connectivity index (χ3v) is 6.73. The van der Waals surface area contributed by atoms with Crippen molar-refractivity contribution in [1.29, 1.82) is 0 Å². The standard InChI is InChI=1S/C20H32N4O2/c1-2-6-21-7-9-23(10-8-21)20(26)15-22-12-16-11-17(14-22)18-4-3-5-19(25)24(18)13-16/h2,16-18H,1,3-15H2/t16?,17?,18-/m1/s1. The minimum Gasteiger partial charge on any atom is -0.339 e. The molecule has 4 aliphatic heterocycles. The van der Waals surface area contributed by atoms with Gasteiger partial charge in [-0.05, 0) is 31.1 Å². The Labute approximate surface area is 156 Å². The molecule has 4 heterocycles.